The summed E-state index contributed by atoms with van der Waals surface area (Å²) in [5.74, 6) is 0. The highest BCUT2D eigenvalue weighted by Crippen LogP contribution is 2.33. The lowest BCUT2D eigenvalue weighted by molar-refractivity contribution is 0.594. The average Bonchev–Trinajstić information content (AvgIpc) is 3.01. The molecule has 146 valence electrons. The fraction of sp³-hybridized carbons (Fsp3) is 0.333. The van der Waals surface area contributed by atoms with Crippen LogP contribution in [0.3, 0.4) is 0 Å². The zero-order valence-corrected chi connectivity index (χ0v) is 17.9. The Bertz CT molecular complexity index is 1050. The minimum atomic E-state index is -3.71. The molecule has 0 fully saturated rings. The van der Waals surface area contributed by atoms with Crippen molar-refractivity contribution in [3.05, 3.63) is 47.3 Å². The molecule has 1 aromatic carbocycles. The van der Waals surface area contributed by atoms with E-state index in [2.05, 4.69) is 10.1 Å². The van der Waals surface area contributed by atoms with Gasteiger partial charge in [0.2, 0.25) is 9.84 Å². The molecular formula is C18H23ClN4O2S2. The zero-order valence-electron chi connectivity index (χ0n) is 15.5. The smallest absolute Gasteiger partial charge is 0.213 e. The second kappa shape index (κ2) is 8.60. The summed E-state index contributed by atoms with van der Waals surface area (Å²) in [4.78, 5) is 5.04. The van der Waals surface area contributed by atoms with Gasteiger partial charge in [-0.05, 0) is 57.2 Å². The first kappa shape index (κ1) is 21.7. The molecule has 0 bridgehead atoms. The van der Waals surface area contributed by atoms with Gasteiger partial charge >= 0.3 is 0 Å². The average molecular weight is 427 g/mol. The first-order valence-corrected chi connectivity index (χ1v) is 11.1. The highest BCUT2D eigenvalue weighted by molar-refractivity contribution is 7.99. The molecule has 0 aliphatic rings. The second-order valence-corrected chi connectivity index (χ2v) is 8.73. The van der Waals surface area contributed by atoms with Crippen molar-refractivity contribution < 1.29 is 8.42 Å². The van der Waals surface area contributed by atoms with Crippen molar-refractivity contribution in [3.63, 3.8) is 0 Å². The van der Waals surface area contributed by atoms with Crippen molar-refractivity contribution in [1.29, 1.82) is 0 Å². The number of nitrogens with zero attached hydrogens (tertiary/aromatic N) is 3. The van der Waals surface area contributed by atoms with E-state index in [9.17, 15) is 8.42 Å². The zero-order chi connectivity index (χ0) is 18.9. The second-order valence-electron chi connectivity index (χ2n) is 6.04. The molecule has 0 unspecified atom stereocenters. The first-order chi connectivity index (χ1) is 12.4. The standard InChI is InChI=1S/C18H22N4O2S2.ClH/c1-12-15(10-7-11-19)13(2)22-17(20-12)16(18(21-22)25-3)26(23,24)14-8-5-4-6-9-14;/h4-6,8-9H,7,10-11,19H2,1-3H3;1H. The number of fused-ring (bicyclic) bond motifs is 1. The molecule has 0 amide bonds. The third kappa shape index (κ3) is 3.85. The molecule has 3 rings (SSSR count). The molecule has 0 atom stereocenters. The van der Waals surface area contributed by atoms with E-state index < -0.39 is 9.84 Å². The molecule has 0 aliphatic heterocycles. The van der Waals surface area contributed by atoms with E-state index in [1.54, 1.807) is 34.8 Å². The fourth-order valence-corrected chi connectivity index (χ4v) is 5.46. The lowest BCUT2D eigenvalue weighted by Gasteiger charge is -2.11. The number of rotatable bonds is 6. The number of aromatic nitrogens is 3. The normalized spacial score (nSPS) is 11.6. The molecule has 0 aliphatic carbocycles. The molecular weight excluding hydrogens is 404 g/mol. The Kier molecular flexibility index (Phi) is 6.91. The maximum atomic E-state index is 13.2. The number of hydrogen-bond donors (Lipinski definition) is 1. The van der Waals surface area contributed by atoms with Gasteiger partial charge in [0.1, 0.15) is 5.03 Å². The van der Waals surface area contributed by atoms with Crippen molar-refractivity contribution in [2.24, 2.45) is 5.73 Å². The van der Waals surface area contributed by atoms with E-state index in [1.165, 1.54) is 11.8 Å². The summed E-state index contributed by atoms with van der Waals surface area (Å²) in [5.41, 5.74) is 8.81. The van der Waals surface area contributed by atoms with Crippen molar-refractivity contribution in [1.82, 2.24) is 14.6 Å². The number of benzene rings is 1. The Balaban J connectivity index is 0.00000261. The van der Waals surface area contributed by atoms with Crippen LogP contribution in [-0.4, -0.2) is 35.8 Å². The lowest BCUT2D eigenvalue weighted by Crippen LogP contribution is -2.09. The molecule has 6 nitrogen and oxygen atoms in total. The van der Waals surface area contributed by atoms with Gasteiger partial charge in [-0.1, -0.05) is 18.2 Å². The van der Waals surface area contributed by atoms with Crippen LogP contribution in [0.15, 0.2) is 45.1 Å². The van der Waals surface area contributed by atoms with Gasteiger partial charge in [-0.15, -0.1) is 24.2 Å². The van der Waals surface area contributed by atoms with Gasteiger partial charge in [0.15, 0.2) is 10.5 Å². The lowest BCUT2D eigenvalue weighted by atomic mass is 10.1. The molecule has 0 saturated carbocycles. The Labute approximate surface area is 169 Å². The van der Waals surface area contributed by atoms with Gasteiger partial charge in [0, 0.05) is 11.4 Å². The quantitative estimate of drug-likeness (QED) is 0.608. The first-order valence-electron chi connectivity index (χ1n) is 8.34. The van der Waals surface area contributed by atoms with Crippen molar-refractivity contribution in [2.45, 2.75) is 41.5 Å². The van der Waals surface area contributed by atoms with E-state index in [4.69, 9.17) is 5.73 Å². The molecule has 2 heterocycles. The summed E-state index contributed by atoms with van der Waals surface area (Å²) in [7, 11) is -3.71. The minimum absolute atomic E-state index is 0. The minimum Gasteiger partial charge on any atom is -0.330 e. The van der Waals surface area contributed by atoms with Crippen LogP contribution in [0.5, 0.6) is 0 Å². The van der Waals surface area contributed by atoms with E-state index in [0.717, 1.165) is 29.8 Å². The Morgan fingerprint density at radius 2 is 1.85 bits per heavy atom. The van der Waals surface area contributed by atoms with Gasteiger partial charge in [-0.25, -0.2) is 17.9 Å². The third-order valence-electron chi connectivity index (χ3n) is 4.40. The van der Waals surface area contributed by atoms with Crippen molar-refractivity contribution >= 4 is 39.7 Å². The number of sulfone groups is 1. The van der Waals surface area contributed by atoms with Crippen molar-refractivity contribution in [2.75, 3.05) is 12.8 Å². The maximum Gasteiger partial charge on any atom is 0.213 e. The van der Waals surface area contributed by atoms with Crippen LogP contribution in [0, 0.1) is 13.8 Å². The van der Waals surface area contributed by atoms with Crippen LogP contribution in [0.4, 0.5) is 0 Å². The molecule has 0 spiro atoms. The molecule has 27 heavy (non-hydrogen) atoms. The number of hydrogen-bond acceptors (Lipinski definition) is 6. The summed E-state index contributed by atoms with van der Waals surface area (Å²) in [6.07, 6.45) is 3.47. The maximum absolute atomic E-state index is 13.2. The highest BCUT2D eigenvalue weighted by Gasteiger charge is 2.29. The number of halogens is 1. The Morgan fingerprint density at radius 3 is 2.44 bits per heavy atom. The van der Waals surface area contributed by atoms with E-state index in [-0.39, 0.29) is 22.2 Å². The summed E-state index contributed by atoms with van der Waals surface area (Å²) in [6.45, 7) is 4.45. The predicted octanol–water partition coefficient (Wildman–Crippen LogP) is 3.21. The monoisotopic (exact) mass is 426 g/mol. The fourth-order valence-electron chi connectivity index (χ4n) is 3.05. The van der Waals surface area contributed by atoms with Crippen LogP contribution >= 0.6 is 24.2 Å². The van der Waals surface area contributed by atoms with E-state index in [0.29, 0.717) is 17.2 Å². The number of nitrogens with two attached hydrogens (primary N) is 1. The van der Waals surface area contributed by atoms with Gasteiger partial charge < -0.3 is 5.73 Å². The summed E-state index contributed by atoms with van der Waals surface area (Å²) in [5, 5.41) is 5.00. The van der Waals surface area contributed by atoms with Gasteiger partial charge in [-0.3, -0.25) is 0 Å². The third-order valence-corrected chi connectivity index (χ3v) is 7.01. The summed E-state index contributed by atoms with van der Waals surface area (Å²) < 4.78 is 28.1. The van der Waals surface area contributed by atoms with E-state index >= 15 is 0 Å². The highest BCUT2D eigenvalue weighted by atomic mass is 35.5. The Morgan fingerprint density at radius 1 is 1.19 bits per heavy atom. The molecule has 9 heteroatoms. The van der Waals surface area contributed by atoms with Crippen LogP contribution in [0.2, 0.25) is 0 Å². The van der Waals surface area contributed by atoms with Gasteiger partial charge in [0.05, 0.1) is 4.90 Å². The number of aryl methyl sites for hydroxylation is 2. The molecule has 3 aromatic rings. The summed E-state index contributed by atoms with van der Waals surface area (Å²) in [6, 6.07) is 8.41. The molecule has 2 N–H and O–H groups in total. The van der Waals surface area contributed by atoms with Gasteiger partial charge in [-0.2, -0.15) is 5.10 Å². The van der Waals surface area contributed by atoms with E-state index in [1.807, 2.05) is 20.1 Å². The number of thioether (sulfide) groups is 1. The molecule has 0 saturated heterocycles. The SMILES string of the molecule is CSc1nn2c(C)c(CCCN)c(C)nc2c1S(=O)(=O)c1ccccc1.Cl. The Hall–Kier alpha value is -1.61. The van der Waals surface area contributed by atoms with Crippen LogP contribution in [0.25, 0.3) is 5.65 Å². The summed E-state index contributed by atoms with van der Waals surface area (Å²) >= 11 is 1.31. The van der Waals surface area contributed by atoms with Crippen molar-refractivity contribution in [3.8, 4) is 0 Å². The topological polar surface area (TPSA) is 90.3 Å². The van der Waals surface area contributed by atoms with Crippen LogP contribution in [0.1, 0.15) is 23.4 Å². The van der Waals surface area contributed by atoms with Gasteiger partial charge in [0.25, 0.3) is 0 Å². The molecule has 2 aromatic heterocycles. The largest absolute Gasteiger partial charge is 0.330 e. The predicted molar refractivity (Wildman–Crippen MR) is 111 cm³/mol. The molecule has 0 radical (unpaired) electrons. The van der Waals surface area contributed by atoms with Crippen LogP contribution < -0.4 is 5.73 Å². The van der Waals surface area contributed by atoms with Crippen LogP contribution in [-0.2, 0) is 16.3 Å².